The maximum Gasteiger partial charge on any atom is 0.191 e. The molecular formula is C20H32N6O2. The van der Waals surface area contributed by atoms with Gasteiger partial charge in [-0.3, -0.25) is 0 Å². The van der Waals surface area contributed by atoms with E-state index in [0.29, 0.717) is 19.8 Å². The number of nitrogens with one attached hydrogen (secondary N) is 2. The van der Waals surface area contributed by atoms with Crippen molar-refractivity contribution in [2.24, 2.45) is 12.0 Å². The molecule has 0 amide bonds. The first-order valence-electron chi connectivity index (χ1n) is 9.71. The minimum absolute atomic E-state index is 0.469. The molecule has 0 aliphatic carbocycles. The molecule has 0 aliphatic heterocycles. The van der Waals surface area contributed by atoms with Crippen molar-refractivity contribution < 1.29 is 9.47 Å². The second-order valence-corrected chi connectivity index (χ2v) is 6.42. The van der Waals surface area contributed by atoms with E-state index in [2.05, 4.69) is 38.0 Å². The lowest BCUT2D eigenvalue weighted by atomic mass is 10.1. The van der Waals surface area contributed by atoms with E-state index in [1.54, 1.807) is 7.11 Å². The van der Waals surface area contributed by atoms with Gasteiger partial charge in [0.15, 0.2) is 11.8 Å². The first-order valence-corrected chi connectivity index (χ1v) is 9.71. The number of ether oxygens (including phenoxy) is 2. The Morgan fingerprint density at radius 2 is 2.04 bits per heavy atom. The summed E-state index contributed by atoms with van der Waals surface area (Å²) in [6, 6.07) is 8.19. The van der Waals surface area contributed by atoms with Crippen molar-refractivity contribution in [3.05, 3.63) is 41.5 Å². The third-order valence-electron chi connectivity index (χ3n) is 4.29. The topological polar surface area (TPSA) is 85.6 Å². The Morgan fingerprint density at radius 3 is 2.75 bits per heavy atom. The Labute approximate surface area is 167 Å². The highest BCUT2D eigenvalue weighted by molar-refractivity contribution is 5.79. The molecule has 0 radical (unpaired) electrons. The van der Waals surface area contributed by atoms with Gasteiger partial charge in [-0.1, -0.05) is 12.1 Å². The summed E-state index contributed by atoms with van der Waals surface area (Å²) in [5.41, 5.74) is 1.22. The number of hydrogen-bond acceptors (Lipinski definition) is 5. The number of aliphatic imine (C=N–C) groups is 1. The van der Waals surface area contributed by atoms with Crippen molar-refractivity contribution in [1.82, 2.24) is 25.4 Å². The highest BCUT2D eigenvalue weighted by atomic mass is 16.5. The van der Waals surface area contributed by atoms with Crippen LogP contribution in [0.2, 0.25) is 0 Å². The molecule has 28 heavy (non-hydrogen) atoms. The Balaban J connectivity index is 1.91. The van der Waals surface area contributed by atoms with Crippen molar-refractivity contribution in [2.75, 3.05) is 33.4 Å². The summed E-state index contributed by atoms with van der Waals surface area (Å²) in [6.07, 6.45) is 1.79. The summed E-state index contributed by atoms with van der Waals surface area (Å²) >= 11 is 0. The average molecular weight is 389 g/mol. The first kappa shape index (κ1) is 21.7. The standard InChI is InChI=1S/C20H32N6O2/c1-5-28-18-9-6-8-17(14-18)10-12-22-20(21-11-7-13-27-4)23-15-19-25-24-16(2)26(19)3/h6,8-9,14H,5,7,10-13,15H2,1-4H3,(H2,21,22,23). The molecule has 2 N–H and O–H groups in total. The second-order valence-electron chi connectivity index (χ2n) is 6.42. The summed E-state index contributed by atoms with van der Waals surface area (Å²) < 4.78 is 12.6. The quantitative estimate of drug-likeness (QED) is 0.347. The summed E-state index contributed by atoms with van der Waals surface area (Å²) in [7, 11) is 3.66. The van der Waals surface area contributed by atoms with Crippen LogP contribution in [-0.2, 0) is 24.8 Å². The number of aryl methyl sites for hydroxylation is 1. The van der Waals surface area contributed by atoms with Crippen LogP contribution < -0.4 is 15.4 Å². The largest absolute Gasteiger partial charge is 0.494 e. The normalized spacial score (nSPS) is 11.5. The molecule has 0 fully saturated rings. The minimum Gasteiger partial charge on any atom is -0.494 e. The number of nitrogens with zero attached hydrogens (tertiary/aromatic N) is 4. The lowest BCUT2D eigenvalue weighted by Gasteiger charge is -2.13. The monoisotopic (exact) mass is 388 g/mol. The van der Waals surface area contributed by atoms with Gasteiger partial charge in [-0.05, 0) is 44.4 Å². The van der Waals surface area contributed by atoms with Crippen molar-refractivity contribution in [3.63, 3.8) is 0 Å². The smallest absolute Gasteiger partial charge is 0.191 e. The van der Waals surface area contributed by atoms with Crippen molar-refractivity contribution >= 4 is 5.96 Å². The number of aromatic nitrogens is 3. The summed E-state index contributed by atoms with van der Waals surface area (Å²) in [5.74, 6) is 3.38. The number of methoxy groups -OCH3 is 1. The van der Waals surface area contributed by atoms with Gasteiger partial charge < -0.3 is 24.7 Å². The predicted molar refractivity (Wildman–Crippen MR) is 111 cm³/mol. The fraction of sp³-hybridized carbons (Fsp3) is 0.550. The fourth-order valence-corrected chi connectivity index (χ4v) is 2.62. The van der Waals surface area contributed by atoms with Crippen LogP contribution in [0.3, 0.4) is 0 Å². The van der Waals surface area contributed by atoms with E-state index < -0.39 is 0 Å². The van der Waals surface area contributed by atoms with Gasteiger partial charge in [0.1, 0.15) is 18.1 Å². The van der Waals surface area contributed by atoms with E-state index in [1.165, 1.54) is 5.56 Å². The minimum atomic E-state index is 0.469. The molecule has 2 aromatic rings. The van der Waals surface area contributed by atoms with Gasteiger partial charge in [0.2, 0.25) is 0 Å². The fourth-order valence-electron chi connectivity index (χ4n) is 2.62. The Bertz CT molecular complexity index is 744. The van der Waals surface area contributed by atoms with Gasteiger partial charge in [0.05, 0.1) is 6.61 Å². The number of benzene rings is 1. The zero-order chi connectivity index (χ0) is 20.2. The Hall–Kier alpha value is -2.61. The van der Waals surface area contributed by atoms with Crippen LogP contribution >= 0.6 is 0 Å². The maximum absolute atomic E-state index is 5.57. The van der Waals surface area contributed by atoms with E-state index >= 15 is 0 Å². The maximum atomic E-state index is 5.57. The van der Waals surface area contributed by atoms with Crippen LogP contribution in [-0.4, -0.2) is 54.1 Å². The van der Waals surface area contributed by atoms with E-state index in [9.17, 15) is 0 Å². The number of guanidine groups is 1. The van der Waals surface area contributed by atoms with E-state index in [4.69, 9.17) is 9.47 Å². The summed E-state index contributed by atoms with van der Waals surface area (Å²) in [6.45, 7) is 7.33. The SMILES string of the molecule is CCOc1cccc(CCNC(=NCc2nnc(C)n2C)NCCCOC)c1. The molecule has 0 atom stereocenters. The molecule has 0 aliphatic rings. The van der Waals surface area contributed by atoms with Crippen LogP contribution in [0, 0.1) is 6.92 Å². The second kappa shape index (κ2) is 12.0. The molecule has 0 spiro atoms. The van der Waals surface area contributed by atoms with Gasteiger partial charge in [-0.25, -0.2) is 4.99 Å². The molecule has 0 bridgehead atoms. The van der Waals surface area contributed by atoms with Crippen LogP contribution in [0.1, 0.15) is 30.6 Å². The molecule has 0 unspecified atom stereocenters. The predicted octanol–water partition coefficient (Wildman–Crippen LogP) is 1.84. The number of hydrogen-bond donors (Lipinski definition) is 2. The van der Waals surface area contributed by atoms with Gasteiger partial charge >= 0.3 is 0 Å². The third-order valence-corrected chi connectivity index (χ3v) is 4.29. The summed E-state index contributed by atoms with van der Waals surface area (Å²) in [5, 5.41) is 15.0. The molecular weight excluding hydrogens is 356 g/mol. The van der Waals surface area contributed by atoms with Crippen molar-refractivity contribution in [2.45, 2.75) is 33.2 Å². The van der Waals surface area contributed by atoms with Gasteiger partial charge in [-0.2, -0.15) is 0 Å². The Morgan fingerprint density at radius 1 is 1.21 bits per heavy atom. The molecule has 1 aromatic heterocycles. The van der Waals surface area contributed by atoms with Crippen molar-refractivity contribution in [1.29, 1.82) is 0 Å². The van der Waals surface area contributed by atoms with Crippen LogP contribution in [0.25, 0.3) is 0 Å². The highest BCUT2D eigenvalue weighted by Crippen LogP contribution is 2.13. The molecule has 8 heteroatoms. The van der Waals surface area contributed by atoms with Gasteiger partial charge in [-0.15, -0.1) is 10.2 Å². The van der Waals surface area contributed by atoms with E-state index in [0.717, 1.165) is 49.3 Å². The third kappa shape index (κ3) is 7.19. The van der Waals surface area contributed by atoms with E-state index in [1.807, 2.05) is 37.6 Å². The lowest BCUT2D eigenvalue weighted by molar-refractivity contribution is 0.195. The zero-order valence-electron chi connectivity index (χ0n) is 17.4. The van der Waals surface area contributed by atoms with Crippen LogP contribution in [0.4, 0.5) is 0 Å². The molecule has 2 rings (SSSR count). The van der Waals surface area contributed by atoms with E-state index in [-0.39, 0.29) is 0 Å². The zero-order valence-corrected chi connectivity index (χ0v) is 17.4. The molecule has 1 heterocycles. The molecule has 0 saturated heterocycles. The summed E-state index contributed by atoms with van der Waals surface area (Å²) in [4.78, 5) is 4.65. The molecule has 8 nitrogen and oxygen atoms in total. The van der Waals surface area contributed by atoms with Gasteiger partial charge in [0, 0.05) is 33.9 Å². The molecule has 0 saturated carbocycles. The molecule has 1 aromatic carbocycles. The molecule has 154 valence electrons. The van der Waals surface area contributed by atoms with Crippen LogP contribution in [0.15, 0.2) is 29.3 Å². The Kier molecular flexibility index (Phi) is 9.27. The first-order chi connectivity index (χ1) is 13.6. The highest BCUT2D eigenvalue weighted by Gasteiger charge is 2.05. The van der Waals surface area contributed by atoms with Gasteiger partial charge in [0.25, 0.3) is 0 Å². The average Bonchev–Trinajstić information content (AvgIpc) is 3.01. The number of rotatable bonds is 11. The lowest BCUT2D eigenvalue weighted by Crippen LogP contribution is -2.39. The van der Waals surface area contributed by atoms with Crippen LogP contribution in [0.5, 0.6) is 5.75 Å². The van der Waals surface area contributed by atoms with Crippen molar-refractivity contribution in [3.8, 4) is 5.75 Å².